The lowest BCUT2D eigenvalue weighted by Crippen LogP contribution is -2.39. The molecule has 4 nitrogen and oxygen atoms in total. The SMILES string of the molecule is CCNC(=NCC(O)c1ccc(Cl)cc1)NC(C)c1ccccc1. The first kappa shape index (κ1) is 18.3. The van der Waals surface area contributed by atoms with Crippen molar-refractivity contribution in [3.05, 3.63) is 70.7 Å². The second-order valence-corrected chi connectivity index (χ2v) is 6.00. The zero-order chi connectivity index (χ0) is 17.4. The van der Waals surface area contributed by atoms with Crippen molar-refractivity contribution in [2.75, 3.05) is 13.1 Å². The van der Waals surface area contributed by atoms with E-state index >= 15 is 0 Å². The van der Waals surface area contributed by atoms with E-state index in [1.54, 1.807) is 12.1 Å². The molecule has 0 radical (unpaired) electrons. The normalized spacial score (nSPS) is 14.1. The van der Waals surface area contributed by atoms with E-state index < -0.39 is 6.10 Å². The highest BCUT2D eigenvalue weighted by Gasteiger charge is 2.10. The molecule has 3 N–H and O–H groups in total. The van der Waals surface area contributed by atoms with E-state index in [0.717, 1.165) is 12.1 Å². The van der Waals surface area contributed by atoms with E-state index in [1.165, 1.54) is 5.56 Å². The van der Waals surface area contributed by atoms with Gasteiger partial charge in [0, 0.05) is 11.6 Å². The number of benzene rings is 2. The standard InChI is InChI=1S/C19H24ClN3O/c1-3-21-19(23-14(2)15-7-5-4-6-8-15)22-13-18(24)16-9-11-17(20)12-10-16/h4-12,14,18,24H,3,13H2,1-2H3,(H2,21,22,23). The van der Waals surface area contributed by atoms with Crippen LogP contribution in [0, 0.1) is 0 Å². The van der Waals surface area contributed by atoms with Gasteiger partial charge in [0.2, 0.25) is 0 Å². The topological polar surface area (TPSA) is 56.7 Å². The van der Waals surface area contributed by atoms with Gasteiger partial charge >= 0.3 is 0 Å². The zero-order valence-electron chi connectivity index (χ0n) is 14.0. The highest BCUT2D eigenvalue weighted by molar-refractivity contribution is 6.30. The van der Waals surface area contributed by atoms with Gasteiger partial charge < -0.3 is 15.7 Å². The van der Waals surface area contributed by atoms with Gasteiger partial charge in [-0.2, -0.15) is 0 Å². The summed E-state index contributed by atoms with van der Waals surface area (Å²) in [5, 5.41) is 17.5. The Hall–Kier alpha value is -2.04. The number of nitrogens with zero attached hydrogens (tertiary/aromatic N) is 1. The van der Waals surface area contributed by atoms with Gasteiger partial charge in [-0.25, -0.2) is 0 Å². The van der Waals surface area contributed by atoms with Gasteiger partial charge in [0.1, 0.15) is 0 Å². The molecule has 0 bridgehead atoms. The van der Waals surface area contributed by atoms with Crippen molar-refractivity contribution in [3.63, 3.8) is 0 Å². The monoisotopic (exact) mass is 345 g/mol. The maximum atomic E-state index is 10.3. The summed E-state index contributed by atoms with van der Waals surface area (Å²) in [5.74, 6) is 0.682. The molecule has 0 saturated carbocycles. The number of aliphatic imine (C=N–C) groups is 1. The van der Waals surface area contributed by atoms with Gasteiger partial charge in [-0.3, -0.25) is 4.99 Å². The lowest BCUT2D eigenvalue weighted by molar-refractivity contribution is 0.187. The Morgan fingerprint density at radius 3 is 2.38 bits per heavy atom. The van der Waals surface area contributed by atoms with Gasteiger partial charge in [0.05, 0.1) is 18.7 Å². The van der Waals surface area contributed by atoms with Crippen molar-refractivity contribution in [1.82, 2.24) is 10.6 Å². The molecule has 2 unspecified atom stereocenters. The molecule has 0 aliphatic heterocycles. The number of nitrogens with one attached hydrogen (secondary N) is 2. The molecule has 0 aliphatic rings. The smallest absolute Gasteiger partial charge is 0.191 e. The van der Waals surface area contributed by atoms with Crippen LogP contribution in [0.25, 0.3) is 0 Å². The molecule has 24 heavy (non-hydrogen) atoms. The number of hydrogen-bond donors (Lipinski definition) is 3. The first-order valence-electron chi connectivity index (χ1n) is 8.13. The average Bonchev–Trinajstić information content (AvgIpc) is 2.61. The van der Waals surface area contributed by atoms with Crippen LogP contribution in [-0.4, -0.2) is 24.2 Å². The van der Waals surface area contributed by atoms with Gasteiger partial charge in [-0.1, -0.05) is 54.1 Å². The van der Waals surface area contributed by atoms with E-state index in [2.05, 4.69) is 34.7 Å². The molecule has 2 aromatic rings. The Labute approximate surface area is 148 Å². The molecule has 0 fully saturated rings. The predicted molar refractivity (Wildman–Crippen MR) is 100 cm³/mol. The van der Waals surface area contributed by atoms with Gasteiger partial charge in [0.15, 0.2) is 5.96 Å². The minimum atomic E-state index is -0.662. The fourth-order valence-corrected chi connectivity index (χ4v) is 2.44. The molecule has 0 saturated heterocycles. The van der Waals surface area contributed by atoms with E-state index in [4.69, 9.17) is 11.6 Å². The van der Waals surface area contributed by atoms with E-state index in [-0.39, 0.29) is 12.6 Å². The van der Waals surface area contributed by atoms with Crippen LogP contribution in [0.2, 0.25) is 5.02 Å². The van der Waals surface area contributed by atoms with Crippen LogP contribution in [0.1, 0.15) is 37.1 Å². The van der Waals surface area contributed by atoms with Crippen LogP contribution in [0.4, 0.5) is 0 Å². The third kappa shape index (κ3) is 5.55. The summed E-state index contributed by atoms with van der Waals surface area (Å²) in [6.07, 6.45) is -0.662. The maximum absolute atomic E-state index is 10.3. The molecule has 0 amide bonds. The van der Waals surface area contributed by atoms with Crippen LogP contribution >= 0.6 is 11.6 Å². The molecule has 0 aromatic heterocycles. The van der Waals surface area contributed by atoms with E-state index in [9.17, 15) is 5.11 Å². The summed E-state index contributed by atoms with van der Waals surface area (Å²) in [6, 6.07) is 17.5. The average molecular weight is 346 g/mol. The molecule has 0 spiro atoms. The van der Waals surface area contributed by atoms with Gasteiger partial charge in [0.25, 0.3) is 0 Å². The molecule has 0 aliphatic carbocycles. The molecule has 5 heteroatoms. The second kappa shape index (κ2) is 9.30. The van der Waals surface area contributed by atoms with E-state index in [0.29, 0.717) is 11.0 Å². The molecule has 2 atom stereocenters. The Kier molecular flexibility index (Phi) is 7.09. The number of halogens is 1. The molecule has 2 rings (SSSR count). The van der Waals surface area contributed by atoms with Crippen molar-refractivity contribution in [3.8, 4) is 0 Å². The Morgan fingerprint density at radius 1 is 1.08 bits per heavy atom. The third-order valence-electron chi connectivity index (χ3n) is 3.67. The number of aliphatic hydroxyl groups is 1. The lowest BCUT2D eigenvalue weighted by Gasteiger charge is -2.19. The van der Waals surface area contributed by atoms with Crippen molar-refractivity contribution in [2.24, 2.45) is 4.99 Å². The first-order chi connectivity index (χ1) is 11.6. The summed E-state index contributed by atoms with van der Waals surface area (Å²) in [5.41, 5.74) is 1.98. The Balaban J connectivity index is 2.00. The first-order valence-corrected chi connectivity index (χ1v) is 8.51. The third-order valence-corrected chi connectivity index (χ3v) is 3.93. The van der Waals surface area contributed by atoms with Crippen LogP contribution in [-0.2, 0) is 0 Å². The summed E-state index contributed by atoms with van der Waals surface area (Å²) in [6.45, 7) is 5.13. The summed E-state index contributed by atoms with van der Waals surface area (Å²) in [4.78, 5) is 4.49. The Morgan fingerprint density at radius 2 is 1.75 bits per heavy atom. The largest absolute Gasteiger partial charge is 0.386 e. The molecular weight excluding hydrogens is 322 g/mol. The van der Waals surface area contributed by atoms with Crippen molar-refractivity contribution < 1.29 is 5.11 Å². The fourth-order valence-electron chi connectivity index (χ4n) is 2.32. The van der Waals surface area contributed by atoms with Crippen molar-refractivity contribution in [2.45, 2.75) is 26.0 Å². The summed E-state index contributed by atoms with van der Waals surface area (Å²) < 4.78 is 0. The van der Waals surface area contributed by atoms with Crippen molar-refractivity contribution in [1.29, 1.82) is 0 Å². The van der Waals surface area contributed by atoms with Gasteiger partial charge in [-0.05, 0) is 37.1 Å². The summed E-state index contributed by atoms with van der Waals surface area (Å²) in [7, 11) is 0. The number of guanidine groups is 1. The number of aliphatic hydroxyl groups excluding tert-OH is 1. The quantitative estimate of drug-likeness (QED) is 0.553. The highest BCUT2D eigenvalue weighted by Crippen LogP contribution is 2.17. The molecule has 0 heterocycles. The van der Waals surface area contributed by atoms with Crippen LogP contribution in [0.15, 0.2) is 59.6 Å². The van der Waals surface area contributed by atoms with Crippen LogP contribution in [0.5, 0.6) is 0 Å². The van der Waals surface area contributed by atoms with Crippen molar-refractivity contribution >= 4 is 17.6 Å². The number of rotatable bonds is 6. The molecular formula is C19H24ClN3O. The van der Waals surface area contributed by atoms with Crippen LogP contribution < -0.4 is 10.6 Å². The second-order valence-electron chi connectivity index (χ2n) is 5.56. The van der Waals surface area contributed by atoms with Gasteiger partial charge in [-0.15, -0.1) is 0 Å². The Bertz CT molecular complexity index is 643. The highest BCUT2D eigenvalue weighted by atomic mass is 35.5. The summed E-state index contributed by atoms with van der Waals surface area (Å²) >= 11 is 5.87. The minimum absolute atomic E-state index is 0.122. The maximum Gasteiger partial charge on any atom is 0.191 e. The molecule has 128 valence electrons. The molecule has 2 aromatic carbocycles. The number of hydrogen-bond acceptors (Lipinski definition) is 2. The van der Waals surface area contributed by atoms with E-state index in [1.807, 2.05) is 37.3 Å². The van der Waals surface area contributed by atoms with Crippen LogP contribution in [0.3, 0.4) is 0 Å². The fraction of sp³-hybridized carbons (Fsp3) is 0.316. The lowest BCUT2D eigenvalue weighted by atomic mass is 10.1. The zero-order valence-corrected chi connectivity index (χ0v) is 14.8. The minimum Gasteiger partial charge on any atom is -0.386 e. The predicted octanol–water partition coefficient (Wildman–Crippen LogP) is 3.69.